The van der Waals surface area contributed by atoms with Crippen LogP contribution < -0.4 is 0 Å². The van der Waals surface area contributed by atoms with Crippen LogP contribution >= 0.6 is 0 Å². The van der Waals surface area contributed by atoms with E-state index in [-0.39, 0.29) is 5.56 Å². The summed E-state index contributed by atoms with van der Waals surface area (Å²) in [5.74, 6) is -5.66. The van der Waals surface area contributed by atoms with Gasteiger partial charge in [-0.1, -0.05) is 30.3 Å². The first-order valence-electron chi connectivity index (χ1n) is 6.04. The van der Waals surface area contributed by atoms with Crippen molar-refractivity contribution in [1.82, 2.24) is 0 Å². The highest BCUT2D eigenvalue weighted by molar-refractivity contribution is 6.21. The van der Waals surface area contributed by atoms with E-state index < -0.39 is 34.8 Å². The Morgan fingerprint density at radius 1 is 1.09 bits per heavy atom. The highest BCUT2D eigenvalue weighted by Crippen LogP contribution is 2.42. The predicted molar refractivity (Wildman–Crippen MR) is 69.0 cm³/mol. The summed E-state index contributed by atoms with van der Waals surface area (Å²) in [7, 11) is 2.07. The molecule has 1 aliphatic heterocycles. The molecule has 1 aromatic carbocycles. The summed E-state index contributed by atoms with van der Waals surface area (Å²) >= 11 is 0. The summed E-state index contributed by atoms with van der Waals surface area (Å²) in [4.78, 5) is 40.1. The quantitative estimate of drug-likeness (QED) is 0.282. The van der Waals surface area contributed by atoms with Crippen molar-refractivity contribution in [3.8, 4) is 0 Å². The van der Waals surface area contributed by atoms with Gasteiger partial charge >= 0.3 is 23.7 Å². The van der Waals surface area contributed by atoms with Crippen LogP contribution in [-0.2, 0) is 39.3 Å². The van der Waals surface area contributed by atoms with E-state index in [0.29, 0.717) is 0 Å². The smallest absolute Gasteiger partial charge is 0.349 e. The molecule has 0 saturated carbocycles. The molecule has 0 fully saturated rings. The zero-order chi connectivity index (χ0) is 16.3. The molecule has 1 N–H and O–H groups in total. The Morgan fingerprint density at radius 2 is 1.68 bits per heavy atom. The third-order valence-electron chi connectivity index (χ3n) is 3.08. The molecule has 0 saturated heterocycles. The number of rotatable bonds is 4. The highest BCUT2D eigenvalue weighted by Gasteiger charge is 2.57. The third kappa shape index (κ3) is 2.24. The number of cyclic esters (lactones) is 1. The maximum Gasteiger partial charge on any atom is 0.349 e. The van der Waals surface area contributed by atoms with E-state index in [0.717, 1.165) is 14.2 Å². The normalized spacial score (nSPS) is 20.6. The number of esters is 3. The Hall–Kier alpha value is -2.71. The maximum absolute atomic E-state index is 12.0. The molecule has 0 bridgehead atoms. The van der Waals surface area contributed by atoms with Gasteiger partial charge in [-0.3, -0.25) is 0 Å². The summed E-state index contributed by atoms with van der Waals surface area (Å²) < 4.78 is 14.0. The second-order valence-corrected chi connectivity index (χ2v) is 4.20. The lowest BCUT2D eigenvalue weighted by Gasteiger charge is -2.26. The van der Waals surface area contributed by atoms with Crippen molar-refractivity contribution in [2.24, 2.45) is 0 Å². The molecule has 1 heterocycles. The number of hydrogen-bond acceptors (Lipinski definition) is 8. The van der Waals surface area contributed by atoms with Crippen LogP contribution in [0.3, 0.4) is 0 Å². The molecule has 0 aromatic heterocycles. The molecule has 0 amide bonds. The molecular formula is C14H12O8. The Balaban J connectivity index is 2.74. The first-order chi connectivity index (χ1) is 10.5. The highest BCUT2D eigenvalue weighted by atomic mass is 17.1. The zero-order valence-electron chi connectivity index (χ0n) is 11.7. The number of benzene rings is 1. The van der Waals surface area contributed by atoms with E-state index in [9.17, 15) is 19.6 Å². The Bertz CT molecular complexity index is 648. The molecule has 8 nitrogen and oxygen atoms in total. The van der Waals surface area contributed by atoms with Crippen molar-refractivity contribution in [1.29, 1.82) is 0 Å². The van der Waals surface area contributed by atoms with Gasteiger partial charge in [0.1, 0.15) is 5.57 Å². The molecule has 22 heavy (non-hydrogen) atoms. The van der Waals surface area contributed by atoms with Gasteiger partial charge in [0, 0.05) is 5.56 Å². The summed E-state index contributed by atoms with van der Waals surface area (Å²) in [6.45, 7) is 0. The van der Waals surface area contributed by atoms with Gasteiger partial charge in [-0.05, 0) is 0 Å². The monoisotopic (exact) mass is 308 g/mol. The van der Waals surface area contributed by atoms with Gasteiger partial charge in [0.25, 0.3) is 0 Å². The fourth-order valence-corrected chi connectivity index (χ4v) is 2.10. The molecule has 2 rings (SSSR count). The van der Waals surface area contributed by atoms with Crippen LogP contribution in [0, 0.1) is 0 Å². The average Bonchev–Trinajstić information content (AvgIpc) is 2.87. The van der Waals surface area contributed by atoms with E-state index in [1.807, 2.05) is 0 Å². The van der Waals surface area contributed by atoms with Crippen LogP contribution in [-0.4, -0.2) is 37.4 Å². The van der Waals surface area contributed by atoms with Crippen molar-refractivity contribution in [2.75, 3.05) is 14.2 Å². The molecule has 0 radical (unpaired) electrons. The van der Waals surface area contributed by atoms with Gasteiger partial charge < -0.3 is 14.2 Å². The molecule has 1 aromatic rings. The molecule has 8 heteroatoms. The lowest BCUT2D eigenvalue weighted by atomic mass is 9.95. The molecule has 1 atom stereocenters. The molecule has 116 valence electrons. The van der Waals surface area contributed by atoms with Crippen LogP contribution in [0.25, 0.3) is 0 Å². The van der Waals surface area contributed by atoms with Crippen molar-refractivity contribution >= 4 is 17.9 Å². The fraction of sp³-hybridized carbons (Fsp3) is 0.214. The van der Waals surface area contributed by atoms with Gasteiger partial charge in [0.2, 0.25) is 0 Å². The van der Waals surface area contributed by atoms with Crippen LogP contribution in [0.1, 0.15) is 5.56 Å². The summed E-state index contributed by atoms with van der Waals surface area (Å²) in [5, 5.41) is 9.30. The number of ether oxygens (including phenoxy) is 3. The average molecular weight is 308 g/mol. The summed E-state index contributed by atoms with van der Waals surface area (Å²) in [5.41, 5.74) is -1.18. The van der Waals surface area contributed by atoms with Crippen molar-refractivity contribution in [3.63, 3.8) is 0 Å². The Morgan fingerprint density at radius 3 is 2.18 bits per heavy atom. The number of hydrogen-bond donors (Lipinski definition) is 1. The molecule has 0 aliphatic carbocycles. The van der Waals surface area contributed by atoms with E-state index >= 15 is 0 Å². The first kappa shape index (κ1) is 15.7. The van der Waals surface area contributed by atoms with Gasteiger partial charge in [0.05, 0.1) is 14.2 Å². The topological polar surface area (TPSA) is 108 Å². The predicted octanol–water partition coefficient (Wildman–Crippen LogP) is 0.528. The Labute approximate surface area is 124 Å². The van der Waals surface area contributed by atoms with Crippen LogP contribution in [0.5, 0.6) is 0 Å². The molecule has 0 unspecified atom stereocenters. The van der Waals surface area contributed by atoms with E-state index in [1.54, 1.807) is 18.2 Å². The number of carbonyl (C=O) groups excluding carboxylic acids is 3. The van der Waals surface area contributed by atoms with Gasteiger partial charge in [-0.25, -0.2) is 19.6 Å². The fourth-order valence-electron chi connectivity index (χ4n) is 2.10. The van der Waals surface area contributed by atoms with Crippen molar-refractivity contribution < 1.29 is 38.7 Å². The second-order valence-electron chi connectivity index (χ2n) is 4.20. The van der Waals surface area contributed by atoms with E-state index in [2.05, 4.69) is 14.4 Å². The first-order valence-corrected chi connectivity index (χ1v) is 6.04. The minimum atomic E-state index is -2.30. The summed E-state index contributed by atoms with van der Waals surface area (Å²) in [6.07, 6.45) is 0. The van der Waals surface area contributed by atoms with Crippen molar-refractivity contribution in [2.45, 2.75) is 5.79 Å². The minimum Gasteiger partial charge on any atom is -0.465 e. The van der Waals surface area contributed by atoms with E-state index in [1.165, 1.54) is 12.1 Å². The largest absolute Gasteiger partial charge is 0.465 e. The standard InChI is InChI=1S/C14H12O8/c1-19-11(15)9-10(13(17)20-2)14(22-18,21-12(9)16)8-6-4-3-5-7-8/h3-7,18H,1-2H3/t14-/m0/s1. The number of carbonyl (C=O) groups is 3. The van der Waals surface area contributed by atoms with Gasteiger partial charge in [-0.2, -0.15) is 4.89 Å². The zero-order valence-corrected chi connectivity index (χ0v) is 11.7. The van der Waals surface area contributed by atoms with Gasteiger partial charge in [0.15, 0.2) is 5.57 Å². The Kier molecular flexibility index (Phi) is 4.25. The second kappa shape index (κ2) is 5.96. The summed E-state index contributed by atoms with van der Waals surface area (Å²) in [6, 6.07) is 7.66. The van der Waals surface area contributed by atoms with Crippen LogP contribution in [0.2, 0.25) is 0 Å². The van der Waals surface area contributed by atoms with E-state index in [4.69, 9.17) is 4.74 Å². The lowest BCUT2D eigenvalue weighted by Crippen LogP contribution is -2.35. The molecule has 1 aliphatic rings. The molecular weight excluding hydrogens is 296 g/mol. The van der Waals surface area contributed by atoms with Crippen molar-refractivity contribution in [3.05, 3.63) is 47.0 Å². The SMILES string of the molecule is COC(=O)C1=C(C(=O)OC)[C@@](OO)(c2ccccc2)OC1=O. The number of methoxy groups -OCH3 is 2. The van der Waals surface area contributed by atoms with Crippen LogP contribution in [0.15, 0.2) is 41.5 Å². The maximum atomic E-state index is 12.0. The third-order valence-corrected chi connectivity index (χ3v) is 3.08. The minimum absolute atomic E-state index is 0.116. The van der Waals surface area contributed by atoms with Crippen LogP contribution in [0.4, 0.5) is 0 Å². The lowest BCUT2D eigenvalue weighted by molar-refractivity contribution is -0.380. The molecule has 0 spiro atoms. The van der Waals surface area contributed by atoms with Gasteiger partial charge in [-0.15, -0.1) is 0 Å².